The first-order chi connectivity index (χ1) is 13.9. The van der Waals surface area contributed by atoms with Crippen LogP contribution >= 0.6 is 0 Å². The van der Waals surface area contributed by atoms with Gasteiger partial charge in [-0.05, 0) is 37.6 Å². The van der Waals surface area contributed by atoms with Gasteiger partial charge in [0, 0.05) is 44.3 Å². The van der Waals surface area contributed by atoms with Crippen molar-refractivity contribution in [3.05, 3.63) is 41.5 Å². The molecule has 0 spiro atoms. The average molecular weight is 383 g/mol. The molecule has 0 amide bonds. The van der Waals surface area contributed by atoms with Crippen LogP contribution in [0.1, 0.15) is 36.0 Å². The minimum Gasteiger partial charge on any atom is -0.378 e. The smallest absolute Gasteiger partial charge is 0.147 e. The first kappa shape index (κ1) is 18.1. The molecule has 2 aromatic rings. The largest absolute Gasteiger partial charge is 0.378 e. The lowest BCUT2D eigenvalue weighted by molar-refractivity contribution is 0.122. The number of anilines is 1. The number of nitrogens with one attached hydrogen (secondary N) is 1. The Bertz CT molecular complexity index is 792. The molecule has 7 heteroatoms. The van der Waals surface area contributed by atoms with Crippen LogP contribution in [0.4, 0.5) is 5.69 Å². The zero-order chi connectivity index (χ0) is 18.8. The van der Waals surface area contributed by atoms with Gasteiger partial charge in [-0.1, -0.05) is 18.2 Å². The quantitative estimate of drug-likeness (QED) is 0.867. The number of rotatable bonds is 4. The third-order valence-electron chi connectivity index (χ3n) is 6.34. The number of hydrogen-bond donors (Lipinski definition) is 1. The number of nitrogens with zero attached hydrogens (tertiary/aromatic N) is 5. The summed E-state index contributed by atoms with van der Waals surface area (Å²) in [6, 6.07) is 8.88. The Morgan fingerprint density at radius 3 is 2.68 bits per heavy atom. The van der Waals surface area contributed by atoms with Crippen molar-refractivity contribution >= 4 is 5.69 Å². The highest BCUT2D eigenvalue weighted by atomic mass is 16.5. The lowest BCUT2D eigenvalue weighted by Gasteiger charge is -2.34. The highest BCUT2D eigenvalue weighted by molar-refractivity contribution is 5.54. The molecule has 2 saturated heterocycles. The first-order valence-electron chi connectivity index (χ1n) is 10.6. The molecule has 0 saturated carbocycles. The predicted octanol–water partition coefficient (Wildman–Crippen LogP) is 1.60. The van der Waals surface area contributed by atoms with E-state index in [2.05, 4.69) is 54.1 Å². The van der Waals surface area contributed by atoms with Gasteiger partial charge in [-0.3, -0.25) is 4.90 Å². The highest BCUT2D eigenvalue weighted by Gasteiger charge is 2.27. The number of hydrogen-bond acceptors (Lipinski definition) is 6. The number of aromatic nitrogens is 3. The van der Waals surface area contributed by atoms with E-state index in [1.807, 2.05) is 0 Å². The summed E-state index contributed by atoms with van der Waals surface area (Å²) in [4.78, 5) is 5.08. The van der Waals surface area contributed by atoms with E-state index < -0.39 is 0 Å². The van der Waals surface area contributed by atoms with E-state index in [0.29, 0.717) is 5.92 Å². The molecule has 28 heavy (non-hydrogen) atoms. The molecule has 0 radical (unpaired) electrons. The van der Waals surface area contributed by atoms with Crippen LogP contribution in [0.25, 0.3) is 0 Å². The molecule has 7 nitrogen and oxygen atoms in total. The van der Waals surface area contributed by atoms with Crippen molar-refractivity contribution in [3.63, 3.8) is 0 Å². The van der Waals surface area contributed by atoms with Gasteiger partial charge in [-0.2, -0.15) is 0 Å². The Morgan fingerprint density at radius 1 is 1.00 bits per heavy atom. The zero-order valence-electron chi connectivity index (χ0n) is 16.5. The van der Waals surface area contributed by atoms with Gasteiger partial charge in [0.05, 0.1) is 19.8 Å². The molecule has 0 bridgehead atoms. The van der Waals surface area contributed by atoms with Crippen molar-refractivity contribution in [2.45, 2.75) is 38.4 Å². The third kappa shape index (κ3) is 3.66. The van der Waals surface area contributed by atoms with Crippen molar-refractivity contribution in [2.24, 2.45) is 0 Å². The van der Waals surface area contributed by atoms with Crippen LogP contribution in [0.2, 0.25) is 0 Å². The van der Waals surface area contributed by atoms with E-state index in [9.17, 15) is 0 Å². The summed E-state index contributed by atoms with van der Waals surface area (Å²) >= 11 is 0. The molecule has 150 valence electrons. The molecule has 4 heterocycles. The second kappa shape index (κ2) is 8.19. The number of morpholine rings is 1. The van der Waals surface area contributed by atoms with Crippen LogP contribution in [0.3, 0.4) is 0 Å². The van der Waals surface area contributed by atoms with E-state index in [4.69, 9.17) is 4.74 Å². The molecule has 5 rings (SSSR count). The van der Waals surface area contributed by atoms with Crippen molar-refractivity contribution < 1.29 is 4.74 Å². The maximum absolute atomic E-state index is 5.53. The Balaban J connectivity index is 1.23. The van der Waals surface area contributed by atoms with Crippen LogP contribution in [0.5, 0.6) is 0 Å². The summed E-state index contributed by atoms with van der Waals surface area (Å²) < 4.78 is 7.88. The second-order valence-corrected chi connectivity index (χ2v) is 8.08. The summed E-state index contributed by atoms with van der Waals surface area (Å²) in [5, 5.41) is 12.3. The van der Waals surface area contributed by atoms with Gasteiger partial charge in [-0.15, -0.1) is 10.2 Å². The summed E-state index contributed by atoms with van der Waals surface area (Å²) in [6.07, 6.45) is 2.34. The summed E-state index contributed by atoms with van der Waals surface area (Å²) in [6.45, 7) is 9.81. The van der Waals surface area contributed by atoms with Crippen molar-refractivity contribution in [3.8, 4) is 0 Å². The SMILES string of the molecule is c1ccc(N2CCOCC2)c(CN2CCC(c3nnc4n3CCNC4)CC2)c1. The monoisotopic (exact) mass is 382 g/mol. The van der Waals surface area contributed by atoms with Gasteiger partial charge >= 0.3 is 0 Å². The number of piperidine rings is 1. The van der Waals surface area contributed by atoms with Crippen LogP contribution in [-0.4, -0.2) is 65.6 Å². The topological polar surface area (TPSA) is 58.5 Å². The molecular formula is C21H30N6O. The van der Waals surface area contributed by atoms with E-state index >= 15 is 0 Å². The molecule has 0 aliphatic carbocycles. The van der Waals surface area contributed by atoms with Crippen molar-refractivity contribution in [1.82, 2.24) is 25.0 Å². The molecule has 0 unspecified atom stereocenters. The minimum atomic E-state index is 0.546. The standard InChI is InChI=1S/C21H30N6O/c1-2-4-19(26-11-13-28-14-12-26)18(3-1)16-25-8-5-17(6-9-25)21-24-23-20-15-22-7-10-27(20)21/h1-4,17,22H,5-16H2. The summed E-state index contributed by atoms with van der Waals surface area (Å²) in [5.74, 6) is 2.86. The van der Waals surface area contributed by atoms with Gasteiger partial charge in [0.25, 0.3) is 0 Å². The third-order valence-corrected chi connectivity index (χ3v) is 6.34. The van der Waals surface area contributed by atoms with Crippen LogP contribution in [-0.2, 0) is 24.4 Å². The number of fused-ring (bicyclic) bond motifs is 1. The first-order valence-corrected chi connectivity index (χ1v) is 10.6. The number of likely N-dealkylation sites (tertiary alicyclic amines) is 1. The van der Waals surface area contributed by atoms with Gasteiger partial charge in [0.2, 0.25) is 0 Å². The Kier molecular flexibility index (Phi) is 5.29. The van der Waals surface area contributed by atoms with Crippen LogP contribution < -0.4 is 10.2 Å². The lowest BCUT2D eigenvalue weighted by atomic mass is 9.95. The average Bonchev–Trinajstić information content (AvgIpc) is 3.20. The van der Waals surface area contributed by atoms with Gasteiger partial charge < -0.3 is 19.5 Å². The fourth-order valence-electron chi connectivity index (χ4n) is 4.76. The number of ether oxygens (including phenoxy) is 1. The van der Waals surface area contributed by atoms with Crippen LogP contribution in [0.15, 0.2) is 24.3 Å². The van der Waals surface area contributed by atoms with E-state index in [1.54, 1.807) is 0 Å². The maximum atomic E-state index is 5.53. The summed E-state index contributed by atoms with van der Waals surface area (Å²) in [5.41, 5.74) is 2.82. The van der Waals surface area contributed by atoms with Gasteiger partial charge in [0.15, 0.2) is 0 Å². The maximum Gasteiger partial charge on any atom is 0.147 e. The van der Waals surface area contributed by atoms with Gasteiger partial charge in [-0.25, -0.2) is 0 Å². The van der Waals surface area contributed by atoms with Gasteiger partial charge in [0.1, 0.15) is 11.6 Å². The number of para-hydroxylation sites is 1. The molecule has 1 aromatic carbocycles. The molecule has 1 N–H and O–H groups in total. The fourth-order valence-corrected chi connectivity index (χ4v) is 4.76. The Labute approximate surface area is 166 Å². The fraction of sp³-hybridized carbons (Fsp3) is 0.619. The second-order valence-electron chi connectivity index (χ2n) is 8.08. The normalized spacial score (nSPS) is 21.6. The van der Waals surface area contributed by atoms with Crippen molar-refractivity contribution in [1.29, 1.82) is 0 Å². The molecule has 3 aliphatic rings. The van der Waals surface area contributed by atoms with E-state index in [0.717, 1.165) is 71.4 Å². The number of benzene rings is 1. The molecule has 2 fully saturated rings. The molecular weight excluding hydrogens is 352 g/mol. The predicted molar refractivity (Wildman–Crippen MR) is 108 cm³/mol. The summed E-state index contributed by atoms with van der Waals surface area (Å²) in [7, 11) is 0. The molecule has 1 aromatic heterocycles. The highest BCUT2D eigenvalue weighted by Crippen LogP contribution is 2.30. The van der Waals surface area contributed by atoms with Crippen LogP contribution in [0, 0.1) is 0 Å². The molecule has 3 aliphatic heterocycles. The Morgan fingerprint density at radius 2 is 1.82 bits per heavy atom. The van der Waals surface area contributed by atoms with Crippen molar-refractivity contribution in [2.75, 3.05) is 50.8 Å². The Hall–Kier alpha value is -1.96. The zero-order valence-corrected chi connectivity index (χ0v) is 16.5. The van der Waals surface area contributed by atoms with E-state index in [1.165, 1.54) is 29.9 Å². The molecule has 0 atom stereocenters. The minimum absolute atomic E-state index is 0.546. The lowest BCUT2D eigenvalue weighted by Crippen LogP contribution is -2.38. The van der Waals surface area contributed by atoms with E-state index in [-0.39, 0.29) is 0 Å².